The highest BCUT2D eigenvalue weighted by Gasteiger charge is 2.31. The lowest BCUT2D eigenvalue weighted by Crippen LogP contribution is -2.42. The van der Waals surface area contributed by atoms with Gasteiger partial charge in [0.25, 0.3) is 0 Å². The van der Waals surface area contributed by atoms with Crippen LogP contribution in [0, 0.1) is 17.7 Å². The zero-order valence-electron chi connectivity index (χ0n) is 19.9. The van der Waals surface area contributed by atoms with Crippen molar-refractivity contribution < 1.29 is 19.0 Å². The minimum atomic E-state index is -0.767. The van der Waals surface area contributed by atoms with E-state index in [1.54, 1.807) is 36.6 Å². The van der Waals surface area contributed by atoms with Crippen LogP contribution in [0.15, 0.2) is 46.1 Å². The van der Waals surface area contributed by atoms with E-state index in [1.165, 1.54) is 11.1 Å². The number of carboxylic acids is 1. The largest absolute Gasteiger partial charge is 0.497 e. The normalized spacial score (nSPS) is 19.6. The molecule has 4 rings (SSSR count). The maximum atomic E-state index is 14.8. The van der Waals surface area contributed by atoms with E-state index in [9.17, 15) is 14.3 Å². The fourth-order valence-electron chi connectivity index (χ4n) is 5.03. The van der Waals surface area contributed by atoms with Crippen molar-refractivity contribution in [2.24, 2.45) is 17.6 Å². The number of aromatic nitrogens is 1. The average molecular weight is 518 g/mol. The van der Waals surface area contributed by atoms with Crippen LogP contribution in [0.3, 0.4) is 0 Å². The molecule has 1 aliphatic rings. The van der Waals surface area contributed by atoms with Crippen molar-refractivity contribution >= 4 is 40.0 Å². The minimum Gasteiger partial charge on any atom is -0.497 e. The quantitative estimate of drug-likeness (QED) is 0.328. The number of benzene rings is 1. The first kappa shape index (κ1) is 25.9. The molecule has 0 radical (unpaired) electrons. The predicted molar refractivity (Wildman–Crippen MR) is 140 cm³/mol. The molecule has 0 amide bonds. The molecule has 35 heavy (non-hydrogen) atoms. The van der Waals surface area contributed by atoms with Crippen molar-refractivity contribution in [1.82, 2.24) is 9.88 Å². The number of hydrogen-bond acceptors (Lipinski definition) is 7. The lowest BCUT2D eigenvalue weighted by atomic mass is 9.79. The number of nitrogens with two attached hydrogens (primary N) is 1. The van der Waals surface area contributed by atoms with E-state index in [4.69, 9.17) is 10.5 Å². The molecular weight excluding hydrogens is 485 g/mol. The second-order valence-corrected chi connectivity index (χ2v) is 11.0. The number of ether oxygens (including phenoxy) is 1. The van der Waals surface area contributed by atoms with Crippen molar-refractivity contribution in [3.8, 4) is 5.75 Å². The number of pyridine rings is 1. The van der Waals surface area contributed by atoms with Gasteiger partial charge in [-0.2, -0.15) is 11.3 Å². The summed E-state index contributed by atoms with van der Waals surface area (Å²) in [5.74, 6) is 0.756. The number of thioether (sulfide) groups is 1. The average Bonchev–Trinajstić information content (AvgIpc) is 3.36. The summed E-state index contributed by atoms with van der Waals surface area (Å²) in [6.07, 6.45) is 3.66. The van der Waals surface area contributed by atoms with E-state index in [0.717, 1.165) is 38.2 Å². The molecule has 1 fully saturated rings. The first-order chi connectivity index (χ1) is 16.9. The Balaban J connectivity index is 1.39. The van der Waals surface area contributed by atoms with E-state index in [2.05, 4.69) is 26.7 Å². The molecule has 0 bridgehead atoms. The van der Waals surface area contributed by atoms with Crippen molar-refractivity contribution in [3.05, 3.63) is 52.6 Å². The number of methoxy groups -OCH3 is 1. The summed E-state index contributed by atoms with van der Waals surface area (Å²) < 4.78 is 20.1. The number of rotatable bonds is 11. The molecule has 3 unspecified atom stereocenters. The van der Waals surface area contributed by atoms with Crippen molar-refractivity contribution in [3.63, 3.8) is 0 Å². The number of piperidine rings is 1. The number of likely N-dealkylation sites (tertiary alicyclic amines) is 1. The number of thiophene rings is 1. The van der Waals surface area contributed by atoms with Crippen LogP contribution in [0.25, 0.3) is 10.9 Å². The minimum absolute atomic E-state index is 0.0683. The Kier molecular flexibility index (Phi) is 8.99. The molecule has 3 N–H and O–H groups in total. The van der Waals surface area contributed by atoms with Crippen LogP contribution in [0.4, 0.5) is 4.39 Å². The number of carbonyl (C=O) groups is 1. The maximum absolute atomic E-state index is 14.8. The van der Waals surface area contributed by atoms with Gasteiger partial charge in [0, 0.05) is 52.5 Å². The Morgan fingerprint density at radius 1 is 1.40 bits per heavy atom. The summed E-state index contributed by atoms with van der Waals surface area (Å²) >= 11 is 3.54. The van der Waals surface area contributed by atoms with E-state index < -0.39 is 17.8 Å². The Hall–Kier alpha value is -2.20. The van der Waals surface area contributed by atoms with Crippen LogP contribution >= 0.6 is 23.1 Å². The standard InChI is InChI=1S/C26H32FN3O3S2/c1-33-19-3-5-24-21(13-19)26(22(27)14-29-24)23(28)4-2-17-6-8-30(15-18(17)12-25(31)32)9-11-35-20-7-10-34-16-20/h3,5,7,10,13-14,16-18,23H,2,4,6,8-9,11-12,15,28H2,1H3,(H,31,32). The van der Waals surface area contributed by atoms with Gasteiger partial charge < -0.3 is 20.5 Å². The zero-order valence-corrected chi connectivity index (χ0v) is 21.5. The van der Waals surface area contributed by atoms with Crippen LogP contribution in [0.1, 0.15) is 37.3 Å². The Morgan fingerprint density at radius 2 is 2.26 bits per heavy atom. The summed E-state index contributed by atoms with van der Waals surface area (Å²) in [5, 5.41) is 14.4. The molecular formula is C26H32FN3O3S2. The third-order valence-electron chi connectivity index (χ3n) is 6.87. The lowest BCUT2D eigenvalue weighted by molar-refractivity contribution is -0.139. The van der Waals surface area contributed by atoms with Crippen molar-refractivity contribution in [2.75, 3.05) is 32.5 Å². The van der Waals surface area contributed by atoms with E-state index >= 15 is 0 Å². The van der Waals surface area contributed by atoms with Gasteiger partial charge in [-0.3, -0.25) is 9.78 Å². The highest BCUT2D eigenvalue weighted by Crippen LogP contribution is 2.35. The summed E-state index contributed by atoms with van der Waals surface area (Å²) in [4.78, 5) is 19.4. The SMILES string of the molecule is COc1ccc2ncc(F)c(C(N)CCC3CCN(CCSc4ccsc4)CC3CC(=O)O)c2c1. The van der Waals surface area contributed by atoms with Gasteiger partial charge in [0.2, 0.25) is 0 Å². The molecule has 9 heteroatoms. The fraction of sp³-hybridized carbons (Fsp3) is 0.462. The van der Waals surface area contributed by atoms with Crippen LogP contribution in [0.2, 0.25) is 0 Å². The topological polar surface area (TPSA) is 88.7 Å². The Labute approximate surface area is 213 Å². The highest BCUT2D eigenvalue weighted by atomic mass is 32.2. The van der Waals surface area contributed by atoms with Crippen molar-refractivity contribution in [2.45, 2.75) is 36.6 Å². The van der Waals surface area contributed by atoms with Crippen molar-refractivity contribution in [1.29, 1.82) is 0 Å². The molecule has 3 atom stereocenters. The number of hydrogen-bond donors (Lipinski definition) is 2. The molecule has 1 aromatic carbocycles. The van der Waals surface area contributed by atoms with Gasteiger partial charge in [-0.1, -0.05) is 0 Å². The van der Waals surface area contributed by atoms with E-state index in [1.807, 2.05) is 11.8 Å². The Bertz CT molecular complexity index is 1130. The molecule has 2 aromatic heterocycles. The monoisotopic (exact) mass is 517 g/mol. The third kappa shape index (κ3) is 6.73. The van der Waals surface area contributed by atoms with Gasteiger partial charge in [0.15, 0.2) is 0 Å². The lowest BCUT2D eigenvalue weighted by Gasteiger charge is -2.38. The molecule has 0 saturated carbocycles. The van der Waals surface area contributed by atoms with Crippen LogP contribution in [-0.4, -0.2) is 53.5 Å². The number of nitrogens with zero attached hydrogens (tertiary/aromatic N) is 2. The second-order valence-electron chi connectivity index (χ2n) is 9.10. The van der Waals surface area contributed by atoms with E-state index in [0.29, 0.717) is 28.6 Å². The molecule has 3 aromatic rings. The van der Waals surface area contributed by atoms with Gasteiger partial charge in [-0.05, 0) is 67.3 Å². The summed E-state index contributed by atoms with van der Waals surface area (Å²) in [7, 11) is 1.57. The summed E-state index contributed by atoms with van der Waals surface area (Å²) in [6, 6.07) is 7.01. The summed E-state index contributed by atoms with van der Waals surface area (Å²) in [6.45, 7) is 2.67. The Morgan fingerprint density at radius 3 is 3.00 bits per heavy atom. The first-order valence-electron chi connectivity index (χ1n) is 11.9. The van der Waals surface area contributed by atoms with Gasteiger partial charge in [0.1, 0.15) is 11.6 Å². The molecule has 1 aliphatic heterocycles. The molecule has 1 saturated heterocycles. The number of aliphatic carboxylic acids is 1. The molecule has 0 spiro atoms. The van der Waals surface area contributed by atoms with Gasteiger partial charge >= 0.3 is 5.97 Å². The van der Waals surface area contributed by atoms with Gasteiger partial charge in [0.05, 0.1) is 18.8 Å². The maximum Gasteiger partial charge on any atom is 0.303 e. The molecule has 188 valence electrons. The smallest absolute Gasteiger partial charge is 0.303 e. The molecule has 6 nitrogen and oxygen atoms in total. The van der Waals surface area contributed by atoms with Crippen LogP contribution < -0.4 is 10.5 Å². The number of carboxylic acid groups (broad SMARTS) is 1. The summed E-state index contributed by atoms with van der Waals surface area (Å²) in [5.41, 5.74) is 7.65. The zero-order chi connectivity index (χ0) is 24.8. The number of halogens is 1. The second kappa shape index (κ2) is 12.2. The van der Waals surface area contributed by atoms with Crippen LogP contribution in [-0.2, 0) is 4.79 Å². The van der Waals surface area contributed by atoms with Gasteiger partial charge in [-0.15, -0.1) is 11.8 Å². The third-order valence-corrected chi connectivity index (χ3v) is 8.68. The highest BCUT2D eigenvalue weighted by molar-refractivity contribution is 7.99. The molecule has 3 heterocycles. The predicted octanol–water partition coefficient (Wildman–Crippen LogP) is 5.43. The molecule has 0 aliphatic carbocycles. The van der Waals surface area contributed by atoms with Crippen LogP contribution in [0.5, 0.6) is 5.75 Å². The van der Waals surface area contributed by atoms with E-state index in [-0.39, 0.29) is 18.3 Å². The van der Waals surface area contributed by atoms with Gasteiger partial charge in [-0.25, -0.2) is 4.39 Å². The first-order valence-corrected chi connectivity index (χ1v) is 13.8. The number of fused-ring (bicyclic) bond motifs is 1. The fourth-order valence-corrected chi connectivity index (χ4v) is 6.82.